The Morgan fingerprint density at radius 1 is 1.21 bits per heavy atom. The van der Waals surface area contributed by atoms with E-state index >= 15 is 0 Å². The van der Waals surface area contributed by atoms with Gasteiger partial charge in [0, 0.05) is 18.6 Å². The molecule has 0 radical (unpaired) electrons. The summed E-state index contributed by atoms with van der Waals surface area (Å²) in [6, 6.07) is 13.1. The fraction of sp³-hybridized carbons (Fsp3) is 0.125. The molecule has 0 unspecified atom stereocenters. The molecule has 120 valence electrons. The van der Waals surface area contributed by atoms with Gasteiger partial charge < -0.3 is 5.11 Å². The summed E-state index contributed by atoms with van der Waals surface area (Å²) in [7, 11) is 0. The lowest BCUT2D eigenvalue weighted by Gasteiger charge is -2.07. The molecule has 0 saturated carbocycles. The summed E-state index contributed by atoms with van der Waals surface area (Å²) in [6.45, 7) is 0. The normalized spacial score (nSPS) is 18.5. The number of benzene rings is 2. The topological polar surface area (TPSA) is 116 Å². The van der Waals surface area contributed by atoms with Crippen LogP contribution in [0.25, 0.3) is 0 Å². The molecule has 0 saturated heterocycles. The quantitative estimate of drug-likeness (QED) is 0.489. The van der Waals surface area contributed by atoms with Crippen LogP contribution in [0.3, 0.4) is 0 Å². The molecular weight excluding hydrogens is 310 g/mol. The van der Waals surface area contributed by atoms with E-state index in [0.717, 1.165) is 23.8 Å². The van der Waals surface area contributed by atoms with Crippen molar-refractivity contribution in [3.05, 3.63) is 69.8 Å². The van der Waals surface area contributed by atoms with Crippen LogP contribution in [0.15, 0.2) is 69.0 Å². The predicted molar refractivity (Wildman–Crippen MR) is 86.2 cm³/mol. The standard InChI is InChI=1S/C16H13N5O3/c22-15-7-6-13(21(23)24)8-12(15)10-17-19-16-9-14(18-20-16)11-4-2-1-3-5-11/h1-8,10,14,22H,9H2/p-1/b17-10-,19-16+/t14-/m0/s1. The summed E-state index contributed by atoms with van der Waals surface area (Å²) in [4.78, 5) is 10.2. The summed E-state index contributed by atoms with van der Waals surface area (Å²) in [5.41, 5.74) is 0.965. The van der Waals surface area contributed by atoms with Crippen molar-refractivity contribution >= 4 is 17.7 Å². The Bertz CT molecular complexity index is 846. The number of rotatable bonds is 4. The van der Waals surface area contributed by atoms with Gasteiger partial charge >= 0.3 is 0 Å². The number of non-ortho nitro benzene ring substituents is 1. The first-order valence-corrected chi connectivity index (χ1v) is 7.14. The number of nitro benzene ring substituents is 1. The SMILES string of the molecule is O=[N+]([O-])c1ccc([O-])c(/C=N\N=C2/C[C@@H](c3ccccc3)N=N2)c1. The number of hydrogen-bond acceptors (Lipinski definition) is 6. The van der Waals surface area contributed by atoms with E-state index in [9.17, 15) is 15.2 Å². The van der Waals surface area contributed by atoms with E-state index in [0.29, 0.717) is 12.3 Å². The maximum atomic E-state index is 11.7. The zero-order valence-corrected chi connectivity index (χ0v) is 12.4. The Labute approximate surface area is 137 Å². The van der Waals surface area contributed by atoms with Gasteiger partial charge in [0.05, 0.1) is 11.1 Å². The summed E-state index contributed by atoms with van der Waals surface area (Å²) in [5.74, 6) is 0.0812. The van der Waals surface area contributed by atoms with E-state index in [4.69, 9.17) is 0 Å². The van der Waals surface area contributed by atoms with Crippen molar-refractivity contribution in [1.82, 2.24) is 0 Å². The Morgan fingerprint density at radius 3 is 2.75 bits per heavy atom. The van der Waals surface area contributed by atoms with Crippen LogP contribution in [0.5, 0.6) is 5.75 Å². The lowest BCUT2D eigenvalue weighted by molar-refractivity contribution is -0.385. The second-order valence-electron chi connectivity index (χ2n) is 5.09. The van der Waals surface area contributed by atoms with Crippen LogP contribution < -0.4 is 5.11 Å². The first-order chi connectivity index (χ1) is 11.6. The number of azo groups is 1. The van der Waals surface area contributed by atoms with E-state index in [-0.39, 0.29) is 23.0 Å². The van der Waals surface area contributed by atoms with Gasteiger partial charge in [0.2, 0.25) is 0 Å². The van der Waals surface area contributed by atoms with E-state index in [1.54, 1.807) is 0 Å². The van der Waals surface area contributed by atoms with Crippen LogP contribution in [0.1, 0.15) is 23.6 Å². The van der Waals surface area contributed by atoms with E-state index in [1.165, 1.54) is 6.21 Å². The molecule has 0 aliphatic carbocycles. The molecule has 1 aliphatic rings. The van der Waals surface area contributed by atoms with Crippen molar-refractivity contribution in [1.29, 1.82) is 0 Å². The summed E-state index contributed by atoms with van der Waals surface area (Å²) in [5, 5.41) is 38.2. The fourth-order valence-corrected chi connectivity index (χ4v) is 2.22. The Kier molecular flexibility index (Phi) is 4.37. The summed E-state index contributed by atoms with van der Waals surface area (Å²) in [6.07, 6.45) is 1.70. The highest BCUT2D eigenvalue weighted by Crippen LogP contribution is 2.27. The van der Waals surface area contributed by atoms with E-state index in [1.807, 2.05) is 30.3 Å². The van der Waals surface area contributed by atoms with Crippen molar-refractivity contribution in [2.24, 2.45) is 20.4 Å². The van der Waals surface area contributed by atoms with Crippen molar-refractivity contribution in [3.8, 4) is 5.75 Å². The molecular formula is C16H12N5O3-. The van der Waals surface area contributed by atoms with E-state index < -0.39 is 4.92 Å². The molecule has 8 nitrogen and oxygen atoms in total. The lowest BCUT2D eigenvalue weighted by atomic mass is 10.1. The molecule has 0 spiro atoms. The molecule has 0 N–H and O–H groups in total. The van der Waals surface area contributed by atoms with Gasteiger partial charge in [0.1, 0.15) is 6.04 Å². The molecule has 3 rings (SSSR count). The molecule has 1 heterocycles. The second kappa shape index (κ2) is 6.78. The maximum absolute atomic E-state index is 11.7. The lowest BCUT2D eigenvalue weighted by Crippen LogP contribution is -1.98. The monoisotopic (exact) mass is 322 g/mol. The molecule has 0 fully saturated rings. The molecule has 0 bridgehead atoms. The van der Waals surface area contributed by atoms with Gasteiger partial charge in [-0.2, -0.15) is 10.2 Å². The van der Waals surface area contributed by atoms with Gasteiger partial charge in [-0.3, -0.25) is 10.1 Å². The molecule has 2 aromatic carbocycles. The van der Waals surface area contributed by atoms with Crippen LogP contribution in [-0.4, -0.2) is 17.0 Å². The minimum atomic E-state index is -0.571. The fourth-order valence-electron chi connectivity index (χ4n) is 2.22. The average Bonchev–Trinajstić information content (AvgIpc) is 3.06. The highest BCUT2D eigenvalue weighted by molar-refractivity contribution is 5.87. The second-order valence-corrected chi connectivity index (χ2v) is 5.09. The van der Waals surface area contributed by atoms with Crippen LogP contribution in [0.4, 0.5) is 5.69 Å². The van der Waals surface area contributed by atoms with Crippen LogP contribution in [0.2, 0.25) is 0 Å². The predicted octanol–water partition coefficient (Wildman–Crippen LogP) is 3.00. The Balaban J connectivity index is 1.71. The first kappa shape index (κ1) is 15.5. The number of hydrogen-bond donors (Lipinski definition) is 0. The molecule has 2 aromatic rings. The van der Waals surface area contributed by atoms with Gasteiger partial charge in [0.15, 0.2) is 5.84 Å². The Hall–Kier alpha value is -3.42. The third kappa shape index (κ3) is 3.49. The largest absolute Gasteiger partial charge is 0.872 e. The summed E-state index contributed by atoms with van der Waals surface area (Å²) >= 11 is 0. The smallest absolute Gasteiger partial charge is 0.270 e. The van der Waals surface area contributed by atoms with Gasteiger partial charge in [-0.25, -0.2) is 0 Å². The van der Waals surface area contributed by atoms with Gasteiger partial charge in [0.25, 0.3) is 5.69 Å². The van der Waals surface area contributed by atoms with E-state index in [2.05, 4.69) is 20.4 Å². The zero-order valence-electron chi connectivity index (χ0n) is 12.4. The molecule has 0 aromatic heterocycles. The van der Waals surface area contributed by atoms with Crippen LogP contribution in [0, 0.1) is 10.1 Å². The minimum Gasteiger partial charge on any atom is -0.872 e. The summed E-state index contributed by atoms with van der Waals surface area (Å²) < 4.78 is 0. The van der Waals surface area contributed by atoms with Crippen LogP contribution >= 0.6 is 0 Å². The zero-order chi connectivity index (χ0) is 16.9. The van der Waals surface area contributed by atoms with Crippen molar-refractivity contribution < 1.29 is 10.0 Å². The minimum absolute atomic E-state index is 0.0898. The van der Waals surface area contributed by atoms with Crippen molar-refractivity contribution in [2.45, 2.75) is 12.5 Å². The van der Waals surface area contributed by atoms with Crippen LogP contribution in [-0.2, 0) is 0 Å². The van der Waals surface area contributed by atoms with Gasteiger partial charge in [-0.15, -0.1) is 10.2 Å². The van der Waals surface area contributed by atoms with Gasteiger partial charge in [-0.1, -0.05) is 42.1 Å². The number of nitrogens with zero attached hydrogens (tertiary/aromatic N) is 5. The molecule has 24 heavy (non-hydrogen) atoms. The average molecular weight is 322 g/mol. The molecule has 0 amide bonds. The third-order valence-corrected chi connectivity index (χ3v) is 3.45. The molecule has 1 atom stereocenters. The highest BCUT2D eigenvalue weighted by Gasteiger charge is 2.19. The molecule has 8 heteroatoms. The number of nitro groups is 1. The van der Waals surface area contributed by atoms with Crippen molar-refractivity contribution in [2.75, 3.05) is 0 Å². The third-order valence-electron chi connectivity index (χ3n) is 3.45. The maximum Gasteiger partial charge on any atom is 0.270 e. The highest BCUT2D eigenvalue weighted by atomic mass is 16.6. The molecule has 1 aliphatic heterocycles. The first-order valence-electron chi connectivity index (χ1n) is 7.14. The Morgan fingerprint density at radius 2 is 2.00 bits per heavy atom. The number of amidine groups is 1. The van der Waals surface area contributed by atoms with Crippen molar-refractivity contribution in [3.63, 3.8) is 0 Å². The van der Waals surface area contributed by atoms with Gasteiger partial charge in [-0.05, 0) is 11.1 Å².